The van der Waals surface area contributed by atoms with Crippen LogP contribution in [0, 0.1) is 5.82 Å². The van der Waals surface area contributed by atoms with Crippen molar-refractivity contribution in [1.82, 2.24) is 14.9 Å². The molecule has 2 heterocycles. The van der Waals surface area contributed by atoms with Crippen molar-refractivity contribution in [2.75, 3.05) is 11.9 Å². The number of benzene rings is 1. The Kier molecular flexibility index (Phi) is 5.81. The Balaban J connectivity index is 2.00. The largest absolute Gasteiger partial charge is 0.391 e. The number of halogens is 3. The minimum atomic E-state index is -0.774. The third-order valence-corrected chi connectivity index (χ3v) is 4.09. The van der Waals surface area contributed by atoms with Crippen LogP contribution in [-0.4, -0.2) is 33.1 Å². The second-order valence-corrected chi connectivity index (χ2v) is 6.57. The zero-order valence-electron chi connectivity index (χ0n) is 14.0. The highest BCUT2D eigenvalue weighted by atomic mass is 35.5. The zero-order valence-corrected chi connectivity index (χ0v) is 15.6. The van der Waals surface area contributed by atoms with Crippen molar-refractivity contribution in [3.8, 4) is 0 Å². The van der Waals surface area contributed by atoms with E-state index in [1.54, 1.807) is 12.1 Å². The first-order valence-electron chi connectivity index (χ1n) is 7.84. The highest BCUT2D eigenvalue weighted by molar-refractivity contribution is 6.36. The van der Waals surface area contributed by atoms with Crippen molar-refractivity contribution in [1.29, 1.82) is 0 Å². The number of hydroxylamine groups is 1. The number of nitrogens with zero attached hydrogens (tertiary/aromatic N) is 2. The van der Waals surface area contributed by atoms with Crippen molar-refractivity contribution in [3.63, 3.8) is 0 Å². The van der Waals surface area contributed by atoms with Crippen molar-refractivity contribution in [2.24, 2.45) is 0 Å². The molecular formula is C17H15Cl2FN4O3. The average molecular weight is 413 g/mol. The molecule has 0 saturated carbocycles. The molecule has 1 atom stereocenters. The van der Waals surface area contributed by atoms with Crippen LogP contribution in [0.1, 0.15) is 17.3 Å². The van der Waals surface area contributed by atoms with Crippen LogP contribution in [0.2, 0.25) is 10.0 Å². The van der Waals surface area contributed by atoms with Gasteiger partial charge in [0.05, 0.1) is 28.1 Å². The summed E-state index contributed by atoms with van der Waals surface area (Å²) in [6, 6.07) is 4.63. The topological polar surface area (TPSA) is 87.9 Å². The van der Waals surface area contributed by atoms with Gasteiger partial charge in [0.1, 0.15) is 6.61 Å². The van der Waals surface area contributed by atoms with Gasteiger partial charge in [-0.05, 0) is 25.1 Å². The summed E-state index contributed by atoms with van der Waals surface area (Å²) >= 11 is 12.0. The first-order valence-corrected chi connectivity index (χ1v) is 8.60. The predicted molar refractivity (Wildman–Crippen MR) is 100.0 cm³/mol. The normalized spacial score (nSPS) is 12.2. The molecule has 3 rings (SSSR count). The number of anilines is 2. The van der Waals surface area contributed by atoms with Gasteiger partial charge < -0.3 is 14.8 Å². The number of pyridine rings is 1. The summed E-state index contributed by atoms with van der Waals surface area (Å²) in [6.07, 6.45) is 3.54. The summed E-state index contributed by atoms with van der Waals surface area (Å²) in [5, 5.41) is 12.7. The Bertz CT molecular complexity index is 994. The summed E-state index contributed by atoms with van der Waals surface area (Å²) in [6.45, 7) is 1.38. The molecule has 142 valence electrons. The van der Waals surface area contributed by atoms with Crippen LogP contribution in [0.4, 0.5) is 15.8 Å². The quantitative estimate of drug-likeness (QED) is 0.538. The van der Waals surface area contributed by atoms with Crippen LogP contribution < -0.4 is 10.8 Å². The summed E-state index contributed by atoms with van der Waals surface area (Å²) in [5.74, 6) is -1.45. The number of amides is 1. The zero-order chi connectivity index (χ0) is 19.6. The van der Waals surface area contributed by atoms with E-state index < -0.39 is 17.8 Å². The second kappa shape index (κ2) is 8.10. The van der Waals surface area contributed by atoms with Gasteiger partial charge in [0, 0.05) is 23.6 Å². The van der Waals surface area contributed by atoms with Crippen molar-refractivity contribution in [2.45, 2.75) is 13.0 Å². The number of carbonyl (C=O) groups excluding carboxylic acids is 1. The van der Waals surface area contributed by atoms with Gasteiger partial charge in [-0.25, -0.2) is 14.9 Å². The molecule has 0 saturated heterocycles. The number of imidazole rings is 1. The number of aliphatic hydroxyl groups is 1. The molecule has 10 heteroatoms. The number of carbonyl (C=O) groups is 1. The molecule has 3 N–H and O–H groups in total. The maximum Gasteiger partial charge on any atom is 0.278 e. The molecule has 0 aliphatic carbocycles. The standard InChI is InChI=1S/C17H15Cl2FN4O3/c1-9(25)8-27-23-17(26)11-7-24-5-4-21-16(24)14(20)15(11)22-13-3-2-10(18)6-12(13)19/h2-7,9,22,25H,8H2,1H3,(H,23,26)/t9-/m0/s1. The van der Waals surface area contributed by atoms with Gasteiger partial charge >= 0.3 is 0 Å². The van der Waals surface area contributed by atoms with Gasteiger partial charge in [-0.15, -0.1) is 0 Å². The van der Waals surface area contributed by atoms with Gasteiger partial charge in [0.25, 0.3) is 5.91 Å². The van der Waals surface area contributed by atoms with E-state index in [0.717, 1.165) is 0 Å². The Morgan fingerprint density at radius 1 is 1.44 bits per heavy atom. The summed E-state index contributed by atoms with van der Waals surface area (Å²) in [5.41, 5.74) is 2.38. The molecule has 7 nitrogen and oxygen atoms in total. The van der Waals surface area contributed by atoms with E-state index in [1.807, 2.05) is 0 Å². The lowest BCUT2D eigenvalue weighted by atomic mass is 10.2. The fraction of sp³-hybridized carbons (Fsp3) is 0.176. The van der Waals surface area contributed by atoms with E-state index in [1.165, 1.54) is 36.0 Å². The van der Waals surface area contributed by atoms with E-state index in [4.69, 9.17) is 28.0 Å². The Morgan fingerprint density at radius 2 is 2.22 bits per heavy atom. The van der Waals surface area contributed by atoms with Crippen LogP contribution in [0.3, 0.4) is 0 Å². The van der Waals surface area contributed by atoms with Gasteiger partial charge in [-0.1, -0.05) is 23.2 Å². The van der Waals surface area contributed by atoms with Crippen LogP contribution in [-0.2, 0) is 4.84 Å². The van der Waals surface area contributed by atoms with Crippen molar-refractivity contribution in [3.05, 3.63) is 58.2 Å². The number of fused-ring (bicyclic) bond motifs is 1. The molecule has 27 heavy (non-hydrogen) atoms. The number of hydrogen-bond donors (Lipinski definition) is 3. The van der Waals surface area contributed by atoms with E-state index in [9.17, 15) is 14.3 Å². The molecule has 0 aliphatic rings. The molecule has 0 spiro atoms. The summed E-state index contributed by atoms with van der Waals surface area (Å²) < 4.78 is 16.4. The fourth-order valence-corrected chi connectivity index (χ4v) is 2.78. The summed E-state index contributed by atoms with van der Waals surface area (Å²) in [4.78, 5) is 21.3. The molecule has 0 unspecified atom stereocenters. The number of aliphatic hydroxyl groups excluding tert-OH is 1. The van der Waals surface area contributed by atoms with E-state index >= 15 is 0 Å². The average Bonchev–Trinajstić information content (AvgIpc) is 3.07. The molecule has 1 amide bonds. The van der Waals surface area contributed by atoms with Gasteiger partial charge in [0.15, 0.2) is 11.5 Å². The third kappa shape index (κ3) is 4.30. The fourth-order valence-electron chi connectivity index (χ4n) is 2.32. The van der Waals surface area contributed by atoms with Crippen molar-refractivity contribution < 1.29 is 19.1 Å². The van der Waals surface area contributed by atoms with Crippen LogP contribution >= 0.6 is 23.2 Å². The Hall–Kier alpha value is -2.39. The van der Waals surface area contributed by atoms with Crippen LogP contribution in [0.25, 0.3) is 5.65 Å². The monoisotopic (exact) mass is 412 g/mol. The number of aromatic nitrogens is 2. The number of hydrogen-bond acceptors (Lipinski definition) is 5. The molecule has 2 aromatic heterocycles. The van der Waals surface area contributed by atoms with Crippen LogP contribution in [0.5, 0.6) is 0 Å². The van der Waals surface area contributed by atoms with E-state index in [-0.39, 0.29) is 28.5 Å². The minimum absolute atomic E-state index is 0.0315. The number of nitrogens with one attached hydrogen (secondary N) is 2. The molecule has 1 aromatic carbocycles. The summed E-state index contributed by atoms with van der Waals surface area (Å²) in [7, 11) is 0. The Labute approximate surface area is 163 Å². The predicted octanol–water partition coefficient (Wildman–Crippen LogP) is 3.57. The third-order valence-electron chi connectivity index (χ3n) is 3.55. The maximum absolute atomic E-state index is 15.0. The first kappa shape index (κ1) is 19.4. The van der Waals surface area contributed by atoms with Crippen LogP contribution in [0.15, 0.2) is 36.8 Å². The lowest BCUT2D eigenvalue weighted by Crippen LogP contribution is -2.28. The lowest BCUT2D eigenvalue weighted by Gasteiger charge is -2.15. The van der Waals surface area contributed by atoms with Gasteiger partial charge in [-0.2, -0.15) is 0 Å². The van der Waals surface area contributed by atoms with Crippen molar-refractivity contribution >= 4 is 46.1 Å². The van der Waals surface area contributed by atoms with E-state index in [2.05, 4.69) is 15.8 Å². The lowest BCUT2D eigenvalue weighted by molar-refractivity contribution is -0.00686. The highest BCUT2D eigenvalue weighted by Gasteiger charge is 2.21. The minimum Gasteiger partial charge on any atom is -0.391 e. The smallest absolute Gasteiger partial charge is 0.278 e. The Morgan fingerprint density at radius 3 is 2.93 bits per heavy atom. The molecule has 0 bridgehead atoms. The molecule has 0 aliphatic heterocycles. The molecule has 0 fully saturated rings. The maximum atomic E-state index is 15.0. The SMILES string of the molecule is C[C@H](O)CONC(=O)c1cn2ccnc2c(F)c1Nc1ccc(Cl)cc1Cl. The number of rotatable bonds is 6. The second-order valence-electron chi connectivity index (χ2n) is 5.73. The van der Waals surface area contributed by atoms with E-state index in [0.29, 0.717) is 10.7 Å². The molecule has 0 radical (unpaired) electrons. The highest BCUT2D eigenvalue weighted by Crippen LogP contribution is 2.32. The first-order chi connectivity index (χ1) is 12.9. The van der Waals surface area contributed by atoms with Gasteiger partial charge in [-0.3, -0.25) is 9.63 Å². The molecular weight excluding hydrogens is 398 g/mol. The van der Waals surface area contributed by atoms with Gasteiger partial charge in [0.2, 0.25) is 0 Å². The molecule has 3 aromatic rings.